The van der Waals surface area contributed by atoms with E-state index in [-0.39, 0.29) is 5.76 Å². The topological polar surface area (TPSA) is 66.4 Å². The van der Waals surface area contributed by atoms with Gasteiger partial charge in [-0.25, -0.2) is 0 Å². The Hall–Kier alpha value is -2.59. The zero-order valence-corrected chi connectivity index (χ0v) is 13.5. The van der Waals surface area contributed by atoms with Crippen LogP contribution in [0.3, 0.4) is 0 Å². The highest BCUT2D eigenvalue weighted by molar-refractivity contribution is 6.45. The van der Waals surface area contributed by atoms with Gasteiger partial charge in [0.1, 0.15) is 5.76 Å². The van der Waals surface area contributed by atoms with E-state index in [4.69, 9.17) is 11.6 Å². The van der Waals surface area contributed by atoms with Crippen LogP contribution in [0.2, 0.25) is 5.02 Å². The second kappa shape index (κ2) is 7.11. The fourth-order valence-electron chi connectivity index (χ4n) is 2.08. The van der Waals surface area contributed by atoms with E-state index in [1.807, 2.05) is 32.0 Å². The summed E-state index contributed by atoms with van der Waals surface area (Å²) in [5, 5.41) is 13.0. The second-order valence-corrected chi connectivity index (χ2v) is 5.56. The van der Waals surface area contributed by atoms with Gasteiger partial charge in [0, 0.05) is 22.3 Å². The molecular formula is C18H16ClNO3. The van der Waals surface area contributed by atoms with Crippen molar-refractivity contribution >= 4 is 34.7 Å². The first-order chi connectivity index (χ1) is 10.9. The van der Waals surface area contributed by atoms with Gasteiger partial charge in [-0.15, -0.1) is 0 Å². The van der Waals surface area contributed by atoms with Crippen LogP contribution in [-0.4, -0.2) is 16.8 Å². The number of aliphatic hydroxyl groups is 1. The Morgan fingerprint density at radius 2 is 1.61 bits per heavy atom. The molecule has 0 saturated heterocycles. The second-order valence-electron chi connectivity index (χ2n) is 5.12. The number of amides is 1. The van der Waals surface area contributed by atoms with Crippen LogP contribution in [0.5, 0.6) is 0 Å². The number of carbonyl (C=O) groups excluding carboxylic acids is 2. The lowest BCUT2D eigenvalue weighted by Crippen LogP contribution is -2.22. The third kappa shape index (κ3) is 4.20. The standard InChI is InChI=1S/C18H16ClNO3/c1-11-4-3-5-12(2)17(11)20-18(23)16(22)10-15(21)13-6-8-14(19)9-7-13/h3-10,21H,1-2H3,(H,20,23)/b15-10-. The smallest absolute Gasteiger partial charge is 0.296 e. The van der Waals surface area contributed by atoms with Crippen molar-refractivity contribution in [3.05, 3.63) is 70.3 Å². The number of para-hydroxylation sites is 1. The van der Waals surface area contributed by atoms with Crippen LogP contribution in [0.15, 0.2) is 48.5 Å². The summed E-state index contributed by atoms with van der Waals surface area (Å²) in [7, 11) is 0. The lowest BCUT2D eigenvalue weighted by Gasteiger charge is -2.10. The lowest BCUT2D eigenvalue weighted by atomic mass is 10.1. The van der Waals surface area contributed by atoms with Crippen LogP contribution in [-0.2, 0) is 9.59 Å². The van der Waals surface area contributed by atoms with E-state index in [0.29, 0.717) is 16.3 Å². The summed E-state index contributed by atoms with van der Waals surface area (Å²) in [5.74, 6) is -1.92. The van der Waals surface area contributed by atoms with Gasteiger partial charge in [0.25, 0.3) is 5.91 Å². The summed E-state index contributed by atoms with van der Waals surface area (Å²) in [6.45, 7) is 3.68. The average molecular weight is 330 g/mol. The Labute approximate surface area is 139 Å². The van der Waals surface area contributed by atoms with Gasteiger partial charge >= 0.3 is 0 Å². The van der Waals surface area contributed by atoms with E-state index in [1.165, 1.54) is 0 Å². The number of benzene rings is 2. The number of aliphatic hydroxyl groups excluding tert-OH is 1. The quantitative estimate of drug-likeness (QED) is 0.505. The van der Waals surface area contributed by atoms with Gasteiger partial charge in [-0.2, -0.15) is 0 Å². The maximum atomic E-state index is 12.0. The van der Waals surface area contributed by atoms with E-state index in [1.54, 1.807) is 24.3 Å². The zero-order valence-electron chi connectivity index (χ0n) is 12.8. The molecule has 5 heteroatoms. The molecule has 0 saturated carbocycles. The minimum Gasteiger partial charge on any atom is -0.507 e. The van der Waals surface area contributed by atoms with Crippen molar-refractivity contribution in [2.24, 2.45) is 0 Å². The molecule has 4 nitrogen and oxygen atoms in total. The Bertz CT molecular complexity index is 759. The summed E-state index contributed by atoms with van der Waals surface area (Å²) in [6.07, 6.45) is 0.895. The van der Waals surface area contributed by atoms with Crippen molar-refractivity contribution in [1.29, 1.82) is 0 Å². The van der Waals surface area contributed by atoms with E-state index in [2.05, 4.69) is 5.32 Å². The minimum absolute atomic E-state index is 0.289. The highest BCUT2D eigenvalue weighted by atomic mass is 35.5. The van der Waals surface area contributed by atoms with Gasteiger partial charge in [0.2, 0.25) is 5.78 Å². The van der Waals surface area contributed by atoms with Crippen LogP contribution in [0.1, 0.15) is 16.7 Å². The first-order valence-electron chi connectivity index (χ1n) is 6.96. The summed E-state index contributed by atoms with van der Waals surface area (Å²) >= 11 is 5.76. The number of rotatable bonds is 4. The Kier molecular flexibility index (Phi) is 5.19. The molecule has 0 aliphatic rings. The maximum absolute atomic E-state index is 12.0. The highest BCUT2D eigenvalue weighted by Crippen LogP contribution is 2.20. The molecule has 0 atom stereocenters. The Morgan fingerprint density at radius 3 is 2.17 bits per heavy atom. The molecule has 1 amide bonds. The van der Waals surface area contributed by atoms with Gasteiger partial charge in [0.15, 0.2) is 0 Å². The number of ketones is 1. The SMILES string of the molecule is Cc1cccc(C)c1NC(=O)C(=O)/C=C(\O)c1ccc(Cl)cc1. The molecule has 2 rings (SSSR count). The van der Waals surface area contributed by atoms with Crippen molar-refractivity contribution in [1.82, 2.24) is 0 Å². The number of carbonyl (C=O) groups is 2. The Morgan fingerprint density at radius 1 is 1.04 bits per heavy atom. The van der Waals surface area contributed by atoms with Gasteiger partial charge in [-0.05, 0) is 49.2 Å². The van der Waals surface area contributed by atoms with Crippen molar-refractivity contribution in [2.45, 2.75) is 13.8 Å². The molecule has 2 N–H and O–H groups in total. The minimum atomic E-state index is -0.833. The summed E-state index contributed by atoms with van der Waals surface area (Å²) in [4.78, 5) is 23.9. The van der Waals surface area contributed by atoms with Crippen LogP contribution < -0.4 is 5.32 Å². The molecule has 0 aliphatic carbocycles. The molecule has 0 spiro atoms. The number of halogens is 1. The van der Waals surface area contributed by atoms with Crippen LogP contribution in [0, 0.1) is 13.8 Å². The van der Waals surface area contributed by atoms with E-state index >= 15 is 0 Å². The van der Waals surface area contributed by atoms with Gasteiger partial charge < -0.3 is 10.4 Å². The Balaban J connectivity index is 2.15. The molecule has 0 heterocycles. The molecule has 118 valence electrons. The third-order valence-electron chi connectivity index (χ3n) is 3.35. The normalized spacial score (nSPS) is 11.2. The third-order valence-corrected chi connectivity index (χ3v) is 3.60. The van der Waals surface area contributed by atoms with Gasteiger partial charge in [0.05, 0.1) is 0 Å². The van der Waals surface area contributed by atoms with Crippen molar-refractivity contribution in [3.63, 3.8) is 0 Å². The molecule has 0 aliphatic heterocycles. The number of hydrogen-bond donors (Lipinski definition) is 2. The summed E-state index contributed by atoms with van der Waals surface area (Å²) < 4.78 is 0. The zero-order chi connectivity index (χ0) is 17.0. The molecule has 0 radical (unpaired) electrons. The lowest BCUT2D eigenvalue weighted by molar-refractivity contribution is -0.132. The van der Waals surface area contributed by atoms with E-state index < -0.39 is 11.7 Å². The predicted molar refractivity (Wildman–Crippen MR) is 91.6 cm³/mol. The van der Waals surface area contributed by atoms with Crippen molar-refractivity contribution in [2.75, 3.05) is 5.32 Å². The van der Waals surface area contributed by atoms with Crippen molar-refractivity contribution < 1.29 is 14.7 Å². The van der Waals surface area contributed by atoms with Crippen molar-refractivity contribution in [3.8, 4) is 0 Å². The summed E-state index contributed by atoms with van der Waals surface area (Å²) in [6, 6.07) is 11.8. The monoisotopic (exact) mass is 329 g/mol. The highest BCUT2D eigenvalue weighted by Gasteiger charge is 2.15. The van der Waals surface area contributed by atoms with E-state index in [0.717, 1.165) is 17.2 Å². The molecule has 0 unspecified atom stereocenters. The maximum Gasteiger partial charge on any atom is 0.296 e. The molecule has 0 aromatic heterocycles. The van der Waals surface area contributed by atoms with Crippen LogP contribution >= 0.6 is 11.6 Å². The average Bonchev–Trinajstić information content (AvgIpc) is 2.51. The molecule has 0 bridgehead atoms. The van der Waals surface area contributed by atoms with E-state index in [9.17, 15) is 14.7 Å². The number of hydrogen-bond acceptors (Lipinski definition) is 3. The first kappa shape index (κ1) is 16.8. The molecule has 2 aromatic carbocycles. The van der Waals surface area contributed by atoms with Gasteiger partial charge in [-0.3, -0.25) is 9.59 Å². The van der Waals surface area contributed by atoms with Crippen LogP contribution in [0.25, 0.3) is 5.76 Å². The molecule has 0 fully saturated rings. The molecular weight excluding hydrogens is 314 g/mol. The number of anilines is 1. The van der Waals surface area contributed by atoms with Crippen LogP contribution in [0.4, 0.5) is 5.69 Å². The molecule has 2 aromatic rings. The number of aryl methyl sites for hydroxylation is 2. The fourth-order valence-corrected chi connectivity index (χ4v) is 2.21. The van der Waals surface area contributed by atoms with Gasteiger partial charge in [-0.1, -0.05) is 29.8 Å². The summed E-state index contributed by atoms with van der Waals surface area (Å²) in [5.41, 5.74) is 2.72. The largest absolute Gasteiger partial charge is 0.507 e. The molecule has 23 heavy (non-hydrogen) atoms. The fraction of sp³-hybridized carbons (Fsp3) is 0.111. The predicted octanol–water partition coefficient (Wildman–Crippen LogP) is 4.06. The number of nitrogens with one attached hydrogen (secondary N) is 1. The first-order valence-corrected chi connectivity index (χ1v) is 7.34.